The van der Waals surface area contributed by atoms with Gasteiger partial charge in [-0.25, -0.2) is 20.8 Å². The molecule has 0 fully saturated rings. The fourth-order valence-electron chi connectivity index (χ4n) is 3.90. The zero-order valence-electron chi connectivity index (χ0n) is 18.4. The molecule has 2 heterocycles. The third-order valence-corrected chi connectivity index (χ3v) is 8.80. The van der Waals surface area contributed by atoms with Crippen LogP contribution in [0.15, 0.2) is 95.0 Å². The molecule has 0 aliphatic rings. The van der Waals surface area contributed by atoms with Crippen molar-refractivity contribution in [1.29, 1.82) is 0 Å². The lowest BCUT2D eigenvalue weighted by Crippen LogP contribution is -2.13. The standard InChI is InChI=1S/C25H21N3O4S2/c1-17-3-8-20(9-4-17)33(29,30)27-19-7-12-24-22(15-19)23-16-26-14-13-25(23)28(24)34(31,32)21-10-5-18(2)6-11-21/h3-16,27H,1-2H3. The molecule has 0 spiro atoms. The van der Waals surface area contributed by atoms with Gasteiger partial charge in [-0.15, -0.1) is 0 Å². The third kappa shape index (κ3) is 3.72. The number of hydrogen-bond donors (Lipinski definition) is 1. The Morgan fingerprint density at radius 1 is 0.706 bits per heavy atom. The fourth-order valence-corrected chi connectivity index (χ4v) is 6.48. The van der Waals surface area contributed by atoms with Gasteiger partial charge < -0.3 is 0 Å². The normalized spacial score (nSPS) is 12.3. The Morgan fingerprint density at radius 2 is 1.29 bits per heavy atom. The maximum absolute atomic E-state index is 13.6. The van der Waals surface area contributed by atoms with Crippen LogP contribution in [0.25, 0.3) is 21.8 Å². The molecule has 3 aromatic carbocycles. The summed E-state index contributed by atoms with van der Waals surface area (Å²) >= 11 is 0. The van der Waals surface area contributed by atoms with Crippen molar-refractivity contribution in [2.24, 2.45) is 0 Å². The Bertz CT molecular complexity index is 1760. The molecule has 0 saturated heterocycles. The van der Waals surface area contributed by atoms with Gasteiger partial charge in [-0.05, 0) is 62.4 Å². The van der Waals surface area contributed by atoms with Gasteiger partial charge in [0.05, 0.1) is 20.8 Å². The molecule has 0 unspecified atom stereocenters. The van der Waals surface area contributed by atoms with E-state index in [2.05, 4.69) is 9.71 Å². The Hall–Kier alpha value is -3.69. The van der Waals surface area contributed by atoms with E-state index < -0.39 is 20.0 Å². The second-order valence-corrected chi connectivity index (χ2v) is 11.6. The van der Waals surface area contributed by atoms with Crippen molar-refractivity contribution >= 4 is 47.5 Å². The third-order valence-electron chi connectivity index (χ3n) is 5.67. The molecule has 7 nitrogen and oxygen atoms in total. The first-order chi connectivity index (χ1) is 16.2. The van der Waals surface area contributed by atoms with E-state index in [4.69, 9.17) is 0 Å². The van der Waals surface area contributed by atoms with Gasteiger partial charge in [0, 0.05) is 28.9 Å². The topological polar surface area (TPSA) is 98.1 Å². The lowest BCUT2D eigenvalue weighted by Gasteiger charge is -2.11. The number of aryl methyl sites for hydroxylation is 2. The summed E-state index contributed by atoms with van der Waals surface area (Å²) in [5.74, 6) is 0. The molecule has 0 aliphatic heterocycles. The summed E-state index contributed by atoms with van der Waals surface area (Å²) < 4.78 is 56.8. The number of fused-ring (bicyclic) bond motifs is 3. The Kier molecular flexibility index (Phi) is 5.18. The molecule has 172 valence electrons. The second kappa shape index (κ2) is 7.96. The van der Waals surface area contributed by atoms with Gasteiger partial charge in [-0.3, -0.25) is 9.71 Å². The minimum Gasteiger partial charge on any atom is -0.280 e. The maximum Gasteiger partial charge on any atom is 0.268 e. The molecule has 9 heteroatoms. The summed E-state index contributed by atoms with van der Waals surface area (Å²) in [7, 11) is -7.72. The van der Waals surface area contributed by atoms with Crippen molar-refractivity contribution in [2.75, 3.05) is 4.72 Å². The first-order valence-corrected chi connectivity index (χ1v) is 13.4. The van der Waals surface area contributed by atoms with Crippen LogP contribution in [0.1, 0.15) is 11.1 Å². The molecule has 0 radical (unpaired) electrons. The highest BCUT2D eigenvalue weighted by molar-refractivity contribution is 7.92. The minimum absolute atomic E-state index is 0.143. The molecule has 0 atom stereocenters. The fraction of sp³-hybridized carbons (Fsp3) is 0.0800. The minimum atomic E-state index is -3.91. The predicted molar refractivity (Wildman–Crippen MR) is 133 cm³/mol. The Labute approximate surface area is 197 Å². The quantitative estimate of drug-likeness (QED) is 0.379. The summed E-state index contributed by atoms with van der Waals surface area (Å²) in [6.07, 6.45) is 3.11. The average Bonchev–Trinajstić information content (AvgIpc) is 3.14. The van der Waals surface area contributed by atoms with Gasteiger partial charge in [-0.2, -0.15) is 0 Å². The molecular weight excluding hydrogens is 470 g/mol. The molecule has 0 saturated carbocycles. The summed E-state index contributed by atoms with van der Waals surface area (Å²) in [4.78, 5) is 4.46. The highest BCUT2D eigenvalue weighted by atomic mass is 32.2. The number of sulfonamides is 1. The molecule has 5 aromatic rings. The van der Waals surface area contributed by atoms with Gasteiger partial charge in [0.25, 0.3) is 20.0 Å². The molecule has 34 heavy (non-hydrogen) atoms. The van der Waals surface area contributed by atoms with Crippen LogP contribution >= 0.6 is 0 Å². The maximum atomic E-state index is 13.6. The summed E-state index contributed by atoms with van der Waals surface area (Å²) in [6.45, 7) is 3.77. The lowest BCUT2D eigenvalue weighted by molar-refractivity contribution is 0.590. The number of anilines is 1. The average molecular weight is 492 g/mol. The van der Waals surface area contributed by atoms with Crippen LogP contribution in [-0.4, -0.2) is 25.8 Å². The summed E-state index contributed by atoms with van der Waals surface area (Å²) in [5, 5.41) is 1.17. The molecule has 0 amide bonds. The highest BCUT2D eigenvalue weighted by Crippen LogP contribution is 2.34. The zero-order chi connectivity index (χ0) is 24.1. The van der Waals surface area contributed by atoms with Gasteiger partial charge in [-0.1, -0.05) is 35.4 Å². The van der Waals surface area contributed by atoms with Crippen LogP contribution in [0.5, 0.6) is 0 Å². The van der Waals surface area contributed by atoms with E-state index in [-0.39, 0.29) is 9.79 Å². The predicted octanol–water partition coefficient (Wildman–Crippen LogP) is 4.84. The van der Waals surface area contributed by atoms with Crippen molar-refractivity contribution < 1.29 is 16.8 Å². The summed E-state index contributed by atoms with van der Waals surface area (Å²) in [6, 6.07) is 19.6. The number of nitrogens with one attached hydrogen (secondary N) is 1. The molecular formula is C25H21N3O4S2. The first kappa shape index (κ1) is 22.1. The number of pyridine rings is 1. The largest absolute Gasteiger partial charge is 0.280 e. The van der Waals surface area contributed by atoms with E-state index in [0.717, 1.165) is 11.1 Å². The molecule has 0 aliphatic carbocycles. The molecule has 0 bridgehead atoms. The Morgan fingerprint density at radius 3 is 1.94 bits per heavy atom. The number of aromatic nitrogens is 2. The van der Waals surface area contributed by atoms with Crippen LogP contribution in [0, 0.1) is 13.8 Å². The van der Waals surface area contributed by atoms with Crippen molar-refractivity contribution in [1.82, 2.24) is 8.96 Å². The highest BCUT2D eigenvalue weighted by Gasteiger charge is 2.24. The lowest BCUT2D eigenvalue weighted by atomic mass is 10.2. The van der Waals surface area contributed by atoms with Gasteiger partial charge in [0.2, 0.25) is 0 Å². The smallest absolute Gasteiger partial charge is 0.268 e. The van der Waals surface area contributed by atoms with Crippen molar-refractivity contribution in [3.8, 4) is 0 Å². The molecule has 5 rings (SSSR count). The van der Waals surface area contributed by atoms with Crippen LogP contribution in [0.2, 0.25) is 0 Å². The Balaban J connectivity index is 1.67. The SMILES string of the molecule is Cc1ccc(S(=O)(=O)Nc2ccc3c(c2)c2cnccc2n3S(=O)(=O)c2ccc(C)cc2)cc1. The number of hydrogen-bond acceptors (Lipinski definition) is 5. The van der Waals surface area contributed by atoms with E-state index in [9.17, 15) is 16.8 Å². The van der Waals surface area contributed by atoms with E-state index in [1.807, 2.05) is 13.8 Å². The molecule has 2 aromatic heterocycles. The second-order valence-electron chi connectivity index (χ2n) is 8.13. The van der Waals surface area contributed by atoms with Gasteiger partial charge >= 0.3 is 0 Å². The number of benzene rings is 3. The van der Waals surface area contributed by atoms with E-state index >= 15 is 0 Å². The van der Waals surface area contributed by atoms with E-state index in [0.29, 0.717) is 27.5 Å². The van der Waals surface area contributed by atoms with Gasteiger partial charge in [0.1, 0.15) is 0 Å². The molecule has 1 N–H and O–H groups in total. The number of rotatable bonds is 5. The monoisotopic (exact) mass is 491 g/mol. The van der Waals surface area contributed by atoms with Crippen molar-refractivity contribution in [3.63, 3.8) is 0 Å². The first-order valence-electron chi connectivity index (χ1n) is 10.5. The van der Waals surface area contributed by atoms with Crippen molar-refractivity contribution in [2.45, 2.75) is 23.6 Å². The number of nitrogens with zero attached hydrogens (tertiary/aromatic N) is 2. The van der Waals surface area contributed by atoms with Crippen LogP contribution < -0.4 is 4.72 Å². The van der Waals surface area contributed by atoms with Gasteiger partial charge in [0.15, 0.2) is 0 Å². The summed E-state index contributed by atoms with van der Waals surface area (Å²) in [5.41, 5.74) is 3.13. The zero-order valence-corrected chi connectivity index (χ0v) is 20.1. The van der Waals surface area contributed by atoms with Crippen molar-refractivity contribution in [3.05, 3.63) is 96.3 Å². The van der Waals surface area contributed by atoms with E-state index in [1.165, 1.54) is 10.2 Å². The van der Waals surface area contributed by atoms with Crippen LogP contribution in [-0.2, 0) is 20.0 Å². The van der Waals surface area contributed by atoms with Crippen LogP contribution in [0.4, 0.5) is 5.69 Å². The van der Waals surface area contributed by atoms with E-state index in [1.54, 1.807) is 79.0 Å². The van der Waals surface area contributed by atoms with Crippen LogP contribution in [0.3, 0.4) is 0 Å².